The van der Waals surface area contributed by atoms with Crippen molar-refractivity contribution in [1.29, 1.82) is 0 Å². The Bertz CT molecular complexity index is 823. The van der Waals surface area contributed by atoms with Gasteiger partial charge in [0.25, 0.3) is 5.91 Å². The first kappa shape index (κ1) is 18.1. The molecule has 0 unspecified atom stereocenters. The molecule has 0 bridgehead atoms. The van der Waals surface area contributed by atoms with Crippen LogP contribution in [-0.2, 0) is 11.2 Å². The highest BCUT2D eigenvalue weighted by atomic mass is 35.5. The topological polar surface area (TPSA) is 81.9 Å². The molecule has 1 aliphatic rings. The summed E-state index contributed by atoms with van der Waals surface area (Å²) >= 11 is 5.91. The highest BCUT2D eigenvalue weighted by molar-refractivity contribution is 6.30. The molecule has 26 heavy (non-hydrogen) atoms. The molecule has 3 rings (SSSR count). The molecule has 0 spiro atoms. The normalized spacial score (nSPS) is 13.3. The molecule has 0 aromatic heterocycles. The van der Waals surface area contributed by atoms with E-state index in [0.29, 0.717) is 28.5 Å². The van der Waals surface area contributed by atoms with Crippen molar-refractivity contribution in [1.82, 2.24) is 4.90 Å². The SMILES string of the molecule is CN(C(=O)c1ccc2c(c1)OCO2)[C@H](CC(N)=O)Cc1ccc(Cl)cc1. The molecule has 2 aromatic rings. The van der Waals surface area contributed by atoms with Gasteiger partial charge in [0.15, 0.2) is 11.5 Å². The minimum absolute atomic E-state index is 0.0649. The van der Waals surface area contributed by atoms with E-state index in [1.807, 2.05) is 12.1 Å². The number of hydrogen-bond acceptors (Lipinski definition) is 4. The Hall–Kier alpha value is -2.73. The van der Waals surface area contributed by atoms with E-state index in [1.165, 1.54) is 4.90 Å². The van der Waals surface area contributed by atoms with Crippen LogP contribution in [0, 0.1) is 0 Å². The second-order valence-electron chi connectivity index (χ2n) is 6.14. The fraction of sp³-hybridized carbons (Fsp3) is 0.263. The molecule has 0 saturated carbocycles. The molecular weight excluding hydrogens is 356 g/mol. The minimum atomic E-state index is -0.464. The predicted octanol–water partition coefficient (Wildman–Crippen LogP) is 2.63. The number of amides is 2. The van der Waals surface area contributed by atoms with E-state index in [0.717, 1.165) is 5.56 Å². The molecule has 1 heterocycles. The molecule has 136 valence electrons. The van der Waals surface area contributed by atoms with Crippen molar-refractivity contribution in [2.24, 2.45) is 5.73 Å². The Morgan fingerprint density at radius 2 is 1.85 bits per heavy atom. The maximum atomic E-state index is 12.9. The summed E-state index contributed by atoms with van der Waals surface area (Å²) in [5.41, 5.74) is 6.81. The highest BCUT2D eigenvalue weighted by Gasteiger charge is 2.25. The van der Waals surface area contributed by atoms with Crippen molar-refractivity contribution in [2.75, 3.05) is 13.8 Å². The quantitative estimate of drug-likeness (QED) is 0.842. The first-order valence-electron chi connectivity index (χ1n) is 8.13. The van der Waals surface area contributed by atoms with E-state index in [9.17, 15) is 9.59 Å². The first-order valence-corrected chi connectivity index (χ1v) is 8.51. The summed E-state index contributed by atoms with van der Waals surface area (Å²) < 4.78 is 10.6. The van der Waals surface area contributed by atoms with E-state index in [4.69, 9.17) is 26.8 Å². The molecule has 1 atom stereocenters. The van der Waals surface area contributed by atoms with Crippen molar-refractivity contribution in [3.05, 3.63) is 58.6 Å². The molecule has 0 radical (unpaired) electrons. The Balaban J connectivity index is 1.79. The number of carbonyl (C=O) groups is 2. The van der Waals surface area contributed by atoms with Crippen molar-refractivity contribution in [3.63, 3.8) is 0 Å². The van der Waals surface area contributed by atoms with Crippen LogP contribution in [-0.4, -0.2) is 36.6 Å². The van der Waals surface area contributed by atoms with Gasteiger partial charge in [0.1, 0.15) is 0 Å². The number of primary amides is 1. The molecule has 2 amide bonds. The van der Waals surface area contributed by atoms with Gasteiger partial charge in [0, 0.05) is 30.1 Å². The Morgan fingerprint density at radius 3 is 2.54 bits per heavy atom. The van der Waals surface area contributed by atoms with Gasteiger partial charge in [-0.25, -0.2) is 0 Å². The number of ether oxygens (including phenoxy) is 2. The molecule has 7 heteroatoms. The number of rotatable bonds is 6. The lowest BCUT2D eigenvalue weighted by Crippen LogP contribution is -2.41. The molecule has 0 aliphatic carbocycles. The highest BCUT2D eigenvalue weighted by Crippen LogP contribution is 2.33. The third-order valence-corrected chi connectivity index (χ3v) is 4.56. The second kappa shape index (κ2) is 7.66. The van der Waals surface area contributed by atoms with Crippen LogP contribution in [0.2, 0.25) is 5.02 Å². The number of halogens is 1. The van der Waals surface area contributed by atoms with Gasteiger partial charge in [-0.3, -0.25) is 9.59 Å². The molecule has 0 fully saturated rings. The summed E-state index contributed by atoms with van der Waals surface area (Å²) in [4.78, 5) is 25.9. The minimum Gasteiger partial charge on any atom is -0.454 e. The monoisotopic (exact) mass is 374 g/mol. The number of nitrogens with two attached hydrogens (primary N) is 1. The van der Waals surface area contributed by atoms with Gasteiger partial charge in [-0.1, -0.05) is 23.7 Å². The van der Waals surface area contributed by atoms with Crippen LogP contribution in [0.1, 0.15) is 22.3 Å². The van der Waals surface area contributed by atoms with Crippen molar-refractivity contribution in [3.8, 4) is 11.5 Å². The zero-order chi connectivity index (χ0) is 18.7. The van der Waals surface area contributed by atoms with Gasteiger partial charge >= 0.3 is 0 Å². The maximum Gasteiger partial charge on any atom is 0.254 e. The van der Waals surface area contributed by atoms with Gasteiger partial charge in [0.05, 0.1) is 0 Å². The van der Waals surface area contributed by atoms with Crippen LogP contribution in [0.15, 0.2) is 42.5 Å². The fourth-order valence-corrected chi connectivity index (χ4v) is 3.00. The molecule has 2 aromatic carbocycles. The number of likely N-dealkylation sites (N-methyl/N-ethyl adjacent to an activating group) is 1. The molecular formula is C19H19ClN2O4. The number of nitrogens with zero attached hydrogens (tertiary/aromatic N) is 1. The Labute approximate surface area is 156 Å². The van der Waals surface area contributed by atoms with Crippen LogP contribution in [0.5, 0.6) is 11.5 Å². The van der Waals surface area contributed by atoms with Gasteiger partial charge in [-0.05, 0) is 42.3 Å². The Morgan fingerprint density at radius 1 is 1.15 bits per heavy atom. The lowest BCUT2D eigenvalue weighted by Gasteiger charge is -2.28. The van der Waals surface area contributed by atoms with Crippen LogP contribution < -0.4 is 15.2 Å². The summed E-state index contributed by atoms with van der Waals surface area (Å²) in [7, 11) is 1.66. The van der Waals surface area contributed by atoms with Crippen LogP contribution in [0.4, 0.5) is 0 Å². The number of carbonyl (C=O) groups excluding carboxylic acids is 2. The summed E-state index contributed by atoms with van der Waals surface area (Å²) in [5.74, 6) is 0.463. The first-order chi connectivity index (χ1) is 12.4. The van der Waals surface area contributed by atoms with Gasteiger partial charge in [0.2, 0.25) is 12.7 Å². The standard InChI is InChI=1S/C19H19ClN2O4/c1-22(19(24)13-4-7-16-17(9-13)26-11-25-16)15(10-18(21)23)8-12-2-5-14(20)6-3-12/h2-7,9,15H,8,10-11H2,1H3,(H2,21,23)/t15-/m0/s1. The van der Waals surface area contributed by atoms with Crippen molar-refractivity contribution < 1.29 is 19.1 Å². The van der Waals surface area contributed by atoms with Gasteiger partial charge in [-0.2, -0.15) is 0 Å². The third-order valence-electron chi connectivity index (χ3n) is 4.31. The predicted molar refractivity (Wildman–Crippen MR) is 97.4 cm³/mol. The Kier molecular flexibility index (Phi) is 5.32. The summed E-state index contributed by atoms with van der Waals surface area (Å²) in [6.07, 6.45) is 0.558. The second-order valence-corrected chi connectivity index (χ2v) is 6.58. The molecule has 0 saturated heterocycles. The average molecular weight is 375 g/mol. The zero-order valence-corrected chi connectivity index (χ0v) is 15.0. The lowest BCUT2D eigenvalue weighted by atomic mass is 10.0. The van der Waals surface area contributed by atoms with Crippen molar-refractivity contribution in [2.45, 2.75) is 18.9 Å². The van der Waals surface area contributed by atoms with Crippen LogP contribution in [0.25, 0.3) is 0 Å². The van der Waals surface area contributed by atoms with Gasteiger partial charge in [-0.15, -0.1) is 0 Å². The van der Waals surface area contributed by atoms with E-state index >= 15 is 0 Å². The number of hydrogen-bond donors (Lipinski definition) is 1. The fourth-order valence-electron chi connectivity index (χ4n) is 2.87. The summed E-state index contributed by atoms with van der Waals surface area (Å²) in [5, 5.41) is 0.630. The lowest BCUT2D eigenvalue weighted by molar-refractivity contribution is -0.118. The van der Waals surface area contributed by atoms with Gasteiger partial charge < -0.3 is 20.1 Å². The van der Waals surface area contributed by atoms with E-state index in [-0.39, 0.29) is 25.2 Å². The summed E-state index contributed by atoms with van der Waals surface area (Å²) in [6, 6.07) is 11.9. The average Bonchev–Trinajstić information content (AvgIpc) is 3.09. The number of fused-ring (bicyclic) bond motifs is 1. The maximum absolute atomic E-state index is 12.9. The zero-order valence-electron chi connectivity index (χ0n) is 14.3. The molecule has 6 nitrogen and oxygen atoms in total. The van der Waals surface area contributed by atoms with E-state index < -0.39 is 5.91 Å². The smallest absolute Gasteiger partial charge is 0.254 e. The third kappa shape index (κ3) is 4.08. The van der Waals surface area contributed by atoms with E-state index in [2.05, 4.69) is 0 Å². The van der Waals surface area contributed by atoms with Crippen LogP contribution >= 0.6 is 11.6 Å². The number of benzene rings is 2. The molecule has 1 aliphatic heterocycles. The summed E-state index contributed by atoms with van der Waals surface area (Å²) in [6.45, 7) is 0.143. The molecule has 2 N–H and O–H groups in total. The van der Waals surface area contributed by atoms with E-state index in [1.54, 1.807) is 37.4 Å². The van der Waals surface area contributed by atoms with Crippen molar-refractivity contribution >= 4 is 23.4 Å². The van der Waals surface area contributed by atoms with Crippen LogP contribution in [0.3, 0.4) is 0 Å². The largest absolute Gasteiger partial charge is 0.454 e.